The molecule has 0 spiro atoms. The summed E-state index contributed by atoms with van der Waals surface area (Å²) in [6.07, 6.45) is 6.64. The topological polar surface area (TPSA) is 130 Å². The number of rotatable bonds is 12. The fourth-order valence-electron chi connectivity index (χ4n) is 3.99. The third-order valence-corrected chi connectivity index (χ3v) is 8.19. The maximum Gasteiger partial charge on any atom is 0.212 e. The summed E-state index contributed by atoms with van der Waals surface area (Å²) in [5, 5.41) is 27.0. The highest BCUT2D eigenvalue weighted by Gasteiger charge is 2.14. The van der Waals surface area contributed by atoms with Gasteiger partial charge in [0.25, 0.3) is 0 Å². The largest absolute Gasteiger partial charge is 0.497 e. The van der Waals surface area contributed by atoms with E-state index in [4.69, 9.17) is 19.4 Å². The summed E-state index contributed by atoms with van der Waals surface area (Å²) in [7, 11) is 3.28. The molecule has 0 amide bonds. The zero-order valence-electron chi connectivity index (χ0n) is 23.8. The highest BCUT2D eigenvalue weighted by Crippen LogP contribution is 2.27. The Labute approximate surface area is 261 Å². The first kappa shape index (κ1) is 29.0. The molecule has 0 aliphatic rings. The number of benzene rings is 3. The van der Waals surface area contributed by atoms with E-state index in [1.54, 1.807) is 48.7 Å². The number of thioether (sulfide) groups is 2. The Balaban J connectivity index is 1.17. The lowest BCUT2D eigenvalue weighted by Crippen LogP contribution is -2.02. The molecule has 0 bridgehead atoms. The molecule has 0 N–H and O–H groups in total. The van der Waals surface area contributed by atoms with Crippen molar-refractivity contribution < 1.29 is 9.47 Å². The smallest absolute Gasteiger partial charge is 0.212 e. The number of aromatic nitrogens is 8. The number of hydrogen-bond donors (Lipinski definition) is 0. The van der Waals surface area contributed by atoms with Crippen LogP contribution in [-0.2, 0) is 11.5 Å². The van der Waals surface area contributed by atoms with Crippen LogP contribution >= 0.6 is 23.5 Å². The van der Waals surface area contributed by atoms with Crippen molar-refractivity contribution in [2.45, 2.75) is 21.8 Å². The highest BCUT2D eigenvalue weighted by molar-refractivity contribution is 7.98. The third kappa shape index (κ3) is 7.10. The molecule has 0 unspecified atom stereocenters. The van der Waals surface area contributed by atoms with Crippen LogP contribution in [-0.4, -0.2) is 66.4 Å². The van der Waals surface area contributed by atoms with E-state index in [0.29, 0.717) is 21.8 Å². The number of ether oxygens (including phenoxy) is 2. The Morgan fingerprint density at radius 3 is 1.48 bits per heavy atom. The van der Waals surface area contributed by atoms with E-state index in [-0.39, 0.29) is 0 Å². The molecule has 0 radical (unpaired) electrons. The van der Waals surface area contributed by atoms with Gasteiger partial charge in [-0.25, -0.2) is 9.97 Å². The van der Waals surface area contributed by atoms with Gasteiger partial charge in [0.2, 0.25) is 10.3 Å². The summed E-state index contributed by atoms with van der Waals surface area (Å²) in [4.78, 5) is 9.88. The normalized spacial score (nSPS) is 11.6. The second-order valence-electron chi connectivity index (χ2n) is 9.13. The molecular formula is C30H26N10O2S2. The Kier molecular flexibility index (Phi) is 9.18. The average molecular weight is 623 g/mol. The van der Waals surface area contributed by atoms with Crippen LogP contribution in [0.1, 0.15) is 22.5 Å². The standard InChI is InChI=1S/C30H26N10O2S2/c1-41-23-11-7-21(8-12-23)15-33-39-19-31-37-29(39)43-17-27-28(36-26-6-4-3-5-25(26)35-27)18-44-30-38-32-20-40(30)34-16-22-9-13-24(42-2)14-10-22/h3-16,19-20H,17-18H2,1-2H3/b33-15-,34-16+. The van der Waals surface area contributed by atoms with Crippen LogP contribution in [0.15, 0.2) is 106 Å². The Morgan fingerprint density at radius 1 is 0.636 bits per heavy atom. The van der Waals surface area contributed by atoms with Gasteiger partial charge in [-0.15, -0.1) is 20.4 Å². The second kappa shape index (κ2) is 13.9. The molecular weight excluding hydrogens is 597 g/mol. The molecule has 14 heteroatoms. The number of methoxy groups -OCH3 is 2. The van der Waals surface area contributed by atoms with Crippen molar-refractivity contribution in [3.63, 3.8) is 0 Å². The van der Waals surface area contributed by atoms with Crippen molar-refractivity contribution >= 4 is 47.0 Å². The van der Waals surface area contributed by atoms with Crippen LogP contribution in [0.3, 0.4) is 0 Å². The van der Waals surface area contributed by atoms with E-state index in [9.17, 15) is 0 Å². The Bertz CT molecular complexity index is 1770. The van der Waals surface area contributed by atoms with Crippen molar-refractivity contribution in [2.24, 2.45) is 10.2 Å². The Hall–Kier alpha value is -5.08. The maximum atomic E-state index is 5.22. The van der Waals surface area contributed by atoms with Crippen LogP contribution < -0.4 is 9.47 Å². The van der Waals surface area contributed by atoms with Gasteiger partial charge in [0.05, 0.1) is 49.1 Å². The summed E-state index contributed by atoms with van der Waals surface area (Å²) in [5.41, 5.74) is 5.17. The molecule has 3 aromatic heterocycles. The summed E-state index contributed by atoms with van der Waals surface area (Å²) < 4.78 is 13.7. The average Bonchev–Trinajstić information content (AvgIpc) is 3.73. The Morgan fingerprint density at radius 2 is 1.07 bits per heavy atom. The quantitative estimate of drug-likeness (QED) is 0.133. The van der Waals surface area contributed by atoms with Gasteiger partial charge < -0.3 is 9.47 Å². The third-order valence-electron chi connectivity index (χ3n) is 6.30. The summed E-state index contributed by atoms with van der Waals surface area (Å²) in [6, 6.07) is 23.1. The minimum Gasteiger partial charge on any atom is -0.497 e. The van der Waals surface area contributed by atoms with E-state index in [2.05, 4.69) is 30.6 Å². The molecule has 220 valence electrons. The molecule has 44 heavy (non-hydrogen) atoms. The first-order valence-corrected chi connectivity index (χ1v) is 15.3. The van der Waals surface area contributed by atoms with E-state index in [0.717, 1.165) is 45.0 Å². The first-order valence-electron chi connectivity index (χ1n) is 13.4. The maximum absolute atomic E-state index is 5.22. The fraction of sp³-hybridized carbons (Fsp3) is 0.133. The van der Waals surface area contributed by atoms with Crippen molar-refractivity contribution in [2.75, 3.05) is 14.2 Å². The lowest BCUT2D eigenvalue weighted by atomic mass is 10.2. The van der Waals surface area contributed by atoms with Crippen LogP contribution in [0, 0.1) is 0 Å². The van der Waals surface area contributed by atoms with E-state index >= 15 is 0 Å². The fourth-order valence-corrected chi connectivity index (χ4v) is 5.65. The van der Waals surface area contributed by atoms with Gasteiger partial charge in [0.1, 0.15) is 24.2 Å². The van der Waals surface area contributed by atoms with Gasteiger partial charge >= 0.3 is 0 Å². The van der Waals surface area contributed by atoms with Crippen LogP contribution in [0.5, 0.6) is 11.5 Å². The lowest BCUT2D eigenvalue weighted by Gasteiger charge is -2.09. The molecule has 3 heterocycles. The molecule has 6 aromatic rings. The summed E-state index contributed by atoms with van der Waals surface area (Å²) in [5.74, 6) is 2.61. The SMILES string of the molecule is COc1ccc(/C=N\n2cnnc2SCc2nc3ccccc3nc2CSc2nncn2/N=C/c2ccc(OC)cc2)cc1. The number of hydrogen-bond acceptors (Lipinski definition) is 12. The zero-order valence-corrected chi connectivity index (χ0v) is 25.4. The molecule has 0 aliphatic heterocycles. The molecule has 0 saturated heterocycles. The van der Waals surface area contributed by atoms with E-state index in [1.807, 2.05) is 72.8 Å². The monoisotopic (exact) mass is 622 g/mol. The van der Waals surface area contributed by atoms with E-state index in [1.165, 1.54) is 23.5 Å². The van der Waals surface area contributed by atoms with Crippen LogP contribution in [0.25, 0.3) is 11.0 Å². The predicted octanol–water partition coefficient (Wildman–Crippen LogP) is 5.18. The molecule has 0 aliphatic carbocycles. The minimum absolute atomic E-state index is 0.521. The minimum atomic E-state index is 0.521. The molecule has 6 rings (SSSR count). The predicted molar refractivity (Wildman–Crippen MR) is 171 cm³/mol. The number of nitrogens with zero attached hydrogens (tertiary/aromatic N) is 10. The van der Waals surface area contributed by atoms with E-state index < -0.39 is 0 Å². The van der Waals surface area contributed by atoms with Crippen molar-refractivity contribution in [1.82, 2.24) is 39.7 Å². The molecule has 0 fully saturated rings. The van der Waals surface area contributed by atoms with Gasteiger partial charge in [-0.3, -0.25) is 0 Å². The van der Waals surface area contributed by atoms with Crippen molar-refractivity contribution in [1.29, 1.82) is 0 Å². The zero-order chi connectivity index (χ0) is 30.1. The second-order valence-corrected chi connectivity index (χ2v) is 11.0. The lowest BCUT2D eigenvalue weighted by molar-refractivity contribution is 0.414. The number of fused-ring (bicyclic) bond motifs is 1. The molecule has 0 atom stereocenters. The highest BCUT2D eigenvalue weighted by atomic mass is 32.2. The van der Waals surface area contributed by atoms with Crippen molar-refractivity contribution in [3.8, 4) is 11.5 Å². The van der Waals surface area contributed by atoms with Gasteiger partial charge in [0.15, 0.2) is 0 Å². The van der Waals surface area contributed by atoms with Gasteiger partial charge in [-0.1, -0.05) is 35.7 Å². The van der Waals surface area contributed by atoms with Gasteiger partial charge in [-0.2, -0.15) is 19.6 Å². The molecule has 3 aromatic carbocycles. The molecule has 12 nitrogen and oxygen atoms in total. The van der Waals surface area contributed by atoms with Crippen LogP contribution in [0.4, 0.5) is 0 Å². The van der Waals surface area contributed by atoms with Gasteiger partial charge in [0, 0.05) is 11.5 Å². The van der Waals surface area contributed by atoms with Gasteiger partial charge in [-0.05, 0) is 71.8 Å². The number of para-hydroxylation sites is 2. The summed E-state index contributed by atoms with van der Waals surface area (Å²) >= 11 is 2.97. The van der Waals surface area contributed by atoms with Crippen LogP contribution in [0.2, 0.25) is 0 Å². The van der Waals surface area contributed by atoms with Crippen molar-refractivity contribution in [3.05, 3.63) is 108 Å². The first-order chi connectivity index (χ1) is 21.7. The molecule has 0 saturated carbocycles. The summed E-state index contributed by atoms with van der Waals surface area (Å²) in [6.45, 7) is 0.